The zero-order valence-electron chi connectivity index (χ0n) is 10.5. The van der Waals surface area contributed by atoms with Crippen molar-refractivity contribution in [3.05, 3.63) is 47.8 Å². The third-order valence-corrected chi connectivity index (χ3v) is 2.50. The minimum atomic E-state index is -1.12. The molecule has 0 radical (unpaired) electrons. The Hall–Kier alpha value is -3.07. The molecule has 0 aliphatic heterocycles. The van der Waals surface area contributed by atoms with Crippen molar-refractivity contribution in [1.29, 1.82) is 5.26 Å². The monoisotopic (exact) mass is 270 g/mol. The third kappa shape index (κ3) is 2.67. The first-order valence-corrected chi connectivity index (χ1v) is 5.60. The fourth-order valence-electron chi connectivity index (χ4n) is 1.57. The summed E-state index contributed by atoms with van der Waals surface area (Å²) in [5.74, 6) is -0.417. The highest BCUT2D eigenvalue weighted by molar-refractivity contribution is 5.92. The van der Waals surface area contributed by atoms with Crippen LogP contribution in [0.5, 0.6) is 17.2 Å². The van der Waals surface area contributed by atoms with Crippen LogP contribution in [0.2, 0.25) is 0 Å². The molecule has 1 N–H and O–H groups in total. The Kier molecular flexibility index (Phi) is 3.82. The topological polar surface area (TPSA) is 92.4 Å². The van der Waals surface area contributed by atoms with Crippen LogP contribution in [0.1, 0.15) is 16.1 Å². The fraction of sp³-hybridized carbons (Fsp3) is 0.0714. The van der Waals surface area contributed by atoms with Gasteiger partial charge in [-0.3, -0.25) is 0 Å². The summed E-state index contributed by atoms with van der Waals surface area (Å²) in [6.07, 6.45) is 1.34. The number of aromatic carboxylic acids is 1. The average Bonchev–Trinajstić information content (AvgIpc) is 2.48. The molecule has 100 valence electrons. The van der Waals surface area contributed by atoms with E-state index in [1.54, 1.807) is 12.1 Å². The summed E-state index contributed by atoms with van der Waals surface area (Å²) < 4.78 is 10.6. The highest BCUT2D eigenvalue weighted by Gasteiger charge is 2.17. The van der Waals surface area contributed by atoms with Crippen molar-refractivity contribution in [1.82, 2.24) is 4.98 Å². The molecule has 2 rings (SSSR count). The largest absolute Gasteiger partial charge is 0.493 e. The van der Waals surface area contributed by atoms with Crippen LogP contribution in [-0.4, -0.2) is 23.2 Å². The van der Waals surface area contributed by atoms with Crippen LogP contribution in [0.15, 0.2) is 36.5 Å². The molecule has 0 aliphatic carbocycles. The molecule has 2 aromatic rings. The number of benzene rings is 1. The Balaban J connectivity index is 2.41. The molecule has 0 bridgehead atoms. The van der Waals surface area contributed by atoms with Gasteiger partial charge in [-0.25, -0.2) is 9.78 Å². The molecular formula is C14H10N2O4. The van der Waals surface area contributed by atoms with Crippen molar-refractivity contribution in [3.63, 3.8) is 0 Å². The first-order chi connectivity index (χ1) is 9.65. The van der Waals surface area contributed by atoms with E-state index in [4.69, 9.17) is 19.8 Å². The molecule has 0 atom stereocenters. The van der Waals surface area contributed by atoms with Gasteiger partial charge in [-0.2, -0.15) is 5.26 Å². The SMILES string of the molecule is COc1cccc(C(=O)O)c1Oc1ccc(C#N)nc1. The molecule has 0 saturated heterocycles. The predicted octanol–water partition coefficient (Wildman–Crippen LogP) is 2.45. The number of methoxy groups -OCH3 is 1. The van der Waals surface area contributed by atoms with Crippen LogP contribution in [0.3, 0.4) is 0 Å². The Morgan fingerprint density at radius 1 is 1.35 bits per heavy atom. The molecule has 1 aromatic carbocycles. The van der Waals surface area contributed by atoms with Crippen molar-refractivity contribution in [2.45, 2.75) is 0 Å². The molecule has 6 heteroatoms. The number of ether oxygens (including phenoxy) is 2. The third-order valence-electron chi connectivity index (χ3n) is 2.50. The first kappa shape index (κ1) is 13.4. The second-order valence-electron chi connectivity index (χ2n) is 3.74. The van der Waals surface area contributed by atoms with Gasteiger partial charge in [-0.15, -0.1) is 0 Å². The molecule has 20 heavy (non-hydrogen) atoms. The molecule has 0 unspecified atom stereocenters. The van der Waals surface area contributed by atoms with E-state index >= 15 is 0 Å². The van der Waals surface area contributed by atoms with Crippen LogP contribution < -0.4 is 9.47 Å². The molecule has 0 amide bonds. The summed E-state index contributed by atoms with van der Waals surface area (Å²) in [5, 5.41) is 17.8. The molecule has 0 spiro atoms. The zero-order chi connectivity index (χ0) is 14.5. The number of nitrogens with zero attached hydrogens (tertiary/aromatic N) is 2. The Labute approximate surface area is 114 Å². The van der Waals surface area contributed by atoms with Crippen LogP contribution in [0.4, 0.5) is 0 Å². The van der Waals surface area contributed by atoms with Gasteiger partial charge in [-0.1, -0.05) is 6.07 Å². The molecule has 0 saturated carbocycles. The lowest BCUT2D eigenvalue weighted by molar-refractivity contribution is 0.0693. The van der Waals surface area contributed by atoms with Crippen molar-refractivity contribution < 1.29 is 19.4 Å². The summed E-state index contributed by atoms with van der Waals surface area (Å²) in [5.41, 5.74) is 0.226. The Bertz CT molecular complexity index is 675. The van der Waals surface area contributed by atoms with Crippen LogP contribution in [-0.2, 0) is 0 Å². The van der Waals surface area contributed by atoms with E-state index in [-0.39, 0.29) is 17.0 Å². The van der Waals surface area contributed by atoms with E-state index in [1.807, 2.05) is 6.07 Å². The second-order valence-corrected chi connectivity index (χ2v) is 3.74. The van der Waals surface area contributed by atoms with Crippen molar-refractivity contribution in [3.8, 4) is 23.3 Å². The predicted molar refractivity (Wildman–Crippen MR) is 69.0 cm³/mol. The smallest absolute Gasteiger partial charge is 0.339 e. The summed E-state index contributed by atoms with van der Waals surface area (Å²) in [6.45, 7) is 0. The quantitative estimate of drug-likeness (QED) is 0.917. The van der Waals surface area contributed by atoms with Crippen molar-refractivity contribution >= 4 is 5.97 Å². The minimum absolute atomic E-state index is 0.0197. The van der Waals surface area contributed by atoms with Crippen LogP contribution in [0.25, 0.3) is 0 Å². The summed E-state index contributed by atoms with van der Waals surface area (Å²) in [4.78, 5) is 15.0. The maximum absolute atomic E-state index is 11.2. The number of hydrogen-bond acceptors (Lipinski definition) is 5. The van der Waals surface area contributed by atoms with E-state index in [1.165, 1.54) is 31.5 Å². The summed E-state index contributed by atoms with van der Waals surface area (Å²) in [6, 6.07) is 9.47. The summed E-state index contributed by atoms with van der Waals surface area (Å²) >= 11 is 0. The number of hydrogen-bond donors (Lipinski definition) is 1. The van der Waals surface area contributed by atoms with Gasteiger partial charge in [0.05, 0.1) is 13.3 Å². The molecule has 0 aliphatic rings. The van der Waals surface area contributed by atoms with E-state index < -0.39 is 5.97 Å². The Morgan fingerprint density at radius 2 is 2.15 bits per heavy atom. The van der Waals surface area contributed by atoms with Crippen molar-refractivity contribution in [2.75, 3.05) is 7.11 Å². The van der Waals surface area contributed by atoms with Gasteiger partial charge < -0.3 is 14.6 Å². The normalized spacial score (nSPS) is 9.60. The molecule has 1 heterocycles. The molecule has 6 nitrogen and oxygen atoms in total. The lowest BCUT2D eigenvalue weighted by Gasteiger charge is -2.12. The van der Waals surface area contributed by atoms with Crippen molar-refractivity contribution in [2.24, 2.45) is 0 Å². The van der Waals surface area contributed by atoms with Gasteiger partial charge in [-0.05, 0) is 24.3 Å². The van der Waals surface area contributed by atoms with E-state index in [0.29, 0.717) is 11.5 Å². The van der Waals surface area contributed by atoms with Crippen LogP contribution in [0, 0.1) is 11.3 Å². The van der Waals surface area contributed by atoms with E-state index in [0.717, 1.165) is 0 Å². The number of para-hydroxylation sites is 1. The summed E-state index contributed by atoms with van der Waals surface area (Å²) in [7, 11) is 1.42. The highest BCUT2D eigenvalue weighted by Crippen LogP contribution is 2.34. The van der Waals surface area contributed by atoms with Gasteiger partial charge in [0.1, 0.15) is 23.1 Å². The van der Waals surface area contributed by atoms with E-state index in [9.17, 15) is 4.79 Å². The molecular weight excluding hydrogens is 260 g/mol. The van der Waals surface area contributed by atoms with Gasteiger partial charge in [0.25, 0.3) is 0 Å². The minimum Gasteiger partial charge on any atom is -0.493 e. The molecule has 0 fully saturated rings. The molecule has 1 aromatic heterocycles. The maximum atomic E-state index is 11.2. The van der Waals surface area contributed by atoms with Gasteiger partial charge in [0, 0.05) is 0 Å². The lowest BCUT2D eigenvalue weighted by atomic mass is 10.2. The number of rotatable bonds is 4. The number of carbonyl (C=O) groups is 1. The fourth-order valence-corrected chi connectivity index (χ4v) is 1.57. The Morgan fingerprint density at radius 3 is 2.70 bits per heavy atom. The highest BCUT2D eigenvalue weighted by atomic mass is 16.5. The number of carboxylic acid groups (broad SMARTS) is 1. The standard InChI is InChI=1S/C14H10N2O4/c1-19-12-4-2-3-11(14(17)18)13(12)20-10-6-5-9(7-15)16-8-10/h2-6,8H,1H3,(H,17,18). The number of aromatic nitrogens is 1. The first-order valence-electron chi connectivity index (χ1n) is 5.60. The maximum Gasteiger partial charge on any atom is 0.339 e. The average molecular weight is 270 g/mol. The van der Waals surface area contributed by atoms with Gasteiger partial charge in [0.15, 0.2) is 11.5 Å². The zero-order valence-corrected chi connectivity index (χ0v) is 10.5. The van der Waals surface area contributed by atoms with Gasteiger partial charge >= 0.3 is 5.97 Å². The van der Waals surface area contributed by atoms with Crippen LogP contribution >= 0.6 is 0 Å². The number of pyridine rings is 1. The lowest BCUT2D eigenvalue weighted by Crippen LogP contribution is -2.02. The number of nitriles is 1. The number of carboxylic acids is 1. The van der Waals surface area contributed by atoms with Gasteiger partial charge in [0.2, 0.25) is 0 Å². The van der Waals surface area contributed by atoms with E-state index in [2.05, 4.69) is 4.98 Å². The second kappa shape index (κ2) is 5.71.